The molecule has 1 aromatic rings. The van der Waals surface area contributed by atoms with Gasteiger partial charge < -0.3 is 9.64 Å². The van der Waals surface area contributed by atoms with Crippen LogP contribution in [0, 0.1) is 17.3 Å². The van der Waals surface area contributed by atoms with E-state index in [-0.39, 0.29) is 23.3 Å². The maximum atomic E-state index is 12.2. The van der Waals surface area contributed by atoms with Gasteiger partial charge in [0.05, 0.1) is 17.7 Å². The Balaban J connectivity index is 2.11. The molecule has 0 aliphatic carbocycles. The van der Waals surface area contributed by atoms with Crippen LogP contribution in [-0.2, 0) is 16.6 Å². The highest BCUT2D eigenvalue weighted by Gasteiger charge is 2.37. The van der Waals surface area contributed by atoms with Crippen LogP contribution in [-0.4, -0.2) is 52.1 Å². The Hall–Kier alpha value is -1.87. The van der Waals surface area contributed by atoms with Gasteiger partial charge in [-0.3, -0.25) is 9.48 Å². The molecule has 1 aliphatic rings. The number of nitrogens with zero attached hydrogens (tertiary/aromatic N) is 4. The summed E-state index contributed by atoms with van der Waals surface area (Å²) in [6.07, 6.45) is 1.80. The Bertz CT molecular complexity index is 576. The van der Waals surface area contributed by atoms with Crippen molar-refractivity contribution in [2.45, 2.75) is 32.8 Å². The summed E-state index contributed by atoms with van der Waals surface area (Å²) in [6.45, 7) is 7.05. The van der Waals surface area contributed by atoms with Crippen molar-refractivity contribution in [1.82, 2.24) is 19.9 Å². The molecule has 0 bridgehead atoms. The van der Waals surface area contributed by atoms with E-state index in [1.54, 1.807) is 16.7 Å². The number of aromatic nitrogens is 3. The average Bonchev–Trinajstić information content (AvgIpc) is 3.00. The van der Waals surface area contributed by atoms with Gasteiger partial charge in [-0.1, -0.05) is 11.1 Å². The Labute approximate surface area is 125 Å². The minimum Gasteiger partial charge on any atom is -0.379 e. The predicted molar refractivity (Wildman–Crippen MR) is 78.4 cm³/mol. The monoisotopic (exact) mass is 290 g/mol. The van der Waals surface area contributed by atoms with Gasteiger partial charge in [-0.25, -0.2) is 0 Å². The second-order valence-corrected chi connectivity index (χ2v) is 6.41. The predicted octanol–water partition coefficient (Wildman–Crippen LogP) is 0.805. The second-order valence-electron chi connectivity index (χ2n) is 6.41. The quantitative estimate of drug-likeness (QED) is 0.756. The lowest BCUT2D eigenvalue weighted by Crippen LogP contribution is -2.28. The maximum Gasteiger partial charge on any atom is 0.298 e. The number of aryl methyl sites for hydroxylation is 1. The van der Waals surface area contributed by atoms with Gasteiger partial charge in [0, 0.05) is 38.9 Å². The largest absolute Gasteiger partial charge is 0.379 e. The van der Waals surface area contributed by atoms with Crippen LogP contribution in [0.4, 0.5) is 0 Å². The van der Waals surface area contributed by atoms with Gasteiger partial charge in [-0.05, 0) is 26.7 Å². The first kappa shape index (κ1) is 15.5. The van der Waals surface area contributed by atoms with E-state index in [9.17, 15) is 4.79 Å². The van der Waals surface area contributed by atoms with Crippen LogP contribution >= 0.6 is 0 Å². The summed E-state index contributed by atoms with van der Waals surface area (Å²) in [5.41, 5.74) is 0.670. The standard InChI is InChI=1S/C15H22N4O2/c1-15(2,3)7-6-14(20)19-8-11(13(10-19)21-5)12-9-18(4)17-16-12/h9,11,13H,8,10H2,1-5H3/t11-,13+/m0/s1. The van der Waals surface area contributed by atoms with Crippen LogP contribution in [0.5, 0.6) is 0 Å². The SMILES string of the molecule is CO[C@@H]1CN(C(=O)C#CC(C)(C)C)C[C@H]1c1cn(C)nn1. The van der Waals surface area contributed by atoms with E-state index in [4.69, 9.17) is 4.74 Å². The Morgan fingerprint density at radius 2 is 2.14 bits per heavy atom. The summed E-state index contributed by atoms with van der Waals surface area (Å²) in [5, 5.41) is 8.08. The first-order chi connectivity index (χ1) is 9.80. The summed E-state index contributed by atoms with van der Waals surface area (Å²) >= 11 is 0. The highest BCUT2D eigenvalue weighted by Crippen LogP contribution is 2.28. The Morgan fingerprint density at radius 1 is 1.43 bits per heavy atom. The minimum atomic E-state index is -0.180. The van der Waals surface area contributed by atoms with Gasteiger partial charge in [0.2, 0.25) is 0 Å². The number of hydrogen-bond acceptors (Lipinski definition) is 4. The molecule has 0 N–H and O–H groups in total. The van der Waals surface area contributed by atoms with E-state index >= 15 is 0 Å². The third kappa shape index (κ3) is 3.82. The summed E-state index contributed by atoms with van der Waals surface area (Å²) in [7, 11) is 3.48. The van der Waals surface area contributed by atoms with Crippen LogP contribution in [0.1, 0.15) is 32.4 Å². The van der Waals surface area contributed by atoms with E-state index < -0.39 is 0 Å². The van der Waals surface area contributed by atoms with Crippen molar-refractivity contribution in [1.29, 1.82) is 0 Å². The Morgan fingerprint density at radius 3 is 2.67 bits per heavy atom. The number of amides is 1. The molecule has 0 aromatic carbocycles. The third-order valence-corrected chi connectivity index (χ3v) is 3.40. The zero-order valence-corrected chi connectivity index (χ0v) is 13.3. The molecule has 1 amide bonds. The molecule has 0 radical (unpaired) electrons. The fourth-order valence-electron chi connectivity index (χ4n) is 2.32. The number of ether oxygens (including phenoxy) is 1. The van der Waals surface area contributed by atoms with E-state index in [0.29, 0.717) is 13.1 Å². The molecule has 6 heteroatoms. The lowest BCUT2D eigenvalue weighted by molar-refractivity contribution is -0.124. The van der Waals surface area contributed by atoms with Gasteiger partial charge in [0.15, 0.2) is 0 Å². The van der Waals surface area contributed by atoms with Gasteiger partial charge in [-0.15, -0.1) is 5.10 Å². The summed E-state index contributed by atoms with van der Waals surface area (Å²) in [4.78, 5) is 13.9. The molecule has 2 atom stereocenters. The zero-order chi connectivity index (χ0) is 15.6. The fourth-order valence-corrected chi connectivity index (χ4v) is 2.32. The van der Waals surface area contributed by atoms with Crippen molar-refractivity contribution in [3.05, 3.63) is 11.9 Å². The minimum absolute atomic E-state index is 0.0455. The normalized spacial score (nSPS) is 22.0. The molecule has 1 aromatic heterocycles. The topological polar surface area (TPSA) is 60.2 Å². The molecule has 21 heavy (non-hydrogen) atoms. The molecule has 6 nitrogen and oxygen atoms in total. The van der Waals surface area contributed by atoms with Gasteiger partial charge >= 0.3 is 0 Å². The molecular weight excluding hydrogens is 268 g/mol. The number of rotatable bonds is 2. The average molecular weight is 290 g/mol. The van der Waals surface area contributed by atoms with Crippen molar-refractivity contribution in [2.75, 3.05) is 20.2 Å². The summed E-state index contributed by atoms with van der Waals surface area (Å²) < 4.78 is 7.15. The van der Waals surface area contributed by atoms with E-state index in [1.165, 1.54) is 0 Å². The lowest BCUT2D eigenvalue weighted by Gasteiger charge is -2.13. The lowest BCUT2D eigenvalue weighted by atomic mass is 9.98. The summed E-state index contributed by atoms with van der Waals surface area (Å²) in [5.74, 6) is 5.59. The van der Waals surface area contributed by atoms with Gasteiger partial charge in [0.1, 0.15) is 0 Å². The molecule has 1 fully saturated rings. The molecule has 0 spiro atoms. The molecule has 1 aliphatic heterocycles. The first-order valence-corrected chi connectivity index (χ1v) is 7.01. The van der Waals surface area contributed by atoms with Crippen LogP contribution in [0.2, 0.25) is 0 Å². The number of methoxy groups -OCH3 is 1. The van der Waals surface area contributed by atoms with Crippen molar-refractivity contribution >= 4 is 5.91 Å². The first-order valence-electron chi connectivity index (χ1n) is 7.01. The summed E-state index contributed by atoms with van der Waals surface area (Å²) in [6, 6.07) is 0. The van der Waals surface area contributed by atoms with Gasteiger partial charge in [-0.2, -0.15) is 0 Å². The van der Waals surface area contributed by atoms with Crippen molar-refractivity contribution in [3.63, 3.8) is 0 Å². The molecule has 2 rings (SSSR count). The third-order valence-electron chi connectivity index (χ3n) is 3.40. The smallest absolute Gasteiger partial charge is 0.298 e. The number of carbonyl (C=O) groups excluding carboxylic acids is 1. The molecule has 0 saturated carbocycles. The highest BCUT2D eigenvalue weighted by molar-refractivity contribution is 5.94. The molecule has 0 unspecified atom stereocenters. The van der Waals surface area contributed by atoms with Crippen molar-refractivity contribution in [3.8, 4) is 11.8 Å². The number of carbonyl (C=O) groups is 1. The molecular formula is C15H22N4O2. The van der Waals surface area contributed by atoms with E-state index in [2.05, 4.69) is 22.2 Å². The second kappa shape index (κ2) is 5.86. The number of hydrogen-bond donors (Lipinski definition) is 0. The van der Waals surface area contributed by atoms with Crippen LogP contribution in [0.15, 0.2) is 6.20 Å². The maximum absolute atomic E-state index is 12.2. The van der Waals surface area contributed by atoms with E-state index in [0.717, 1.165) is 5.69 Å². The number of likely N-dealkylation sites (tertiary alicyclic amines) is 1. The van der Waals surface area contributed by atoms with Crippen LogP contribution < -0.4 is 0 Å². The van der Waals surface area contributed by atoms with Gasteiger partial charge in [0.25, 0.3) is 5.91 Å². The van der Waals surface area contributed by atoms with Crippen molar-refractivity contribution < 1.29 is 9.53 Å². The molecule has 114 valence electrons. The zero-order valence-electron chi connectivity index (χ0n) is 13.3. The van der Waals surface area contributed by atoms with Crippen LogP contribution in [0.3, 0.4) is 0 Å². The highest BCUT2D eigenvalue weighted by atomic mass is 16.5. The fraction of sp³-hybridized carbons (Fsp3) is 0.667. The van der Waals surface area contributed by atoms with Crippen LogP contribution in [0.25, 0.3) is 0 Å². The van der Waals surface area contributed by atoms with Crippen molar-refractivity contribution in [2.24, 2.45) is 12.5 Å². The molecule has 1 saturated heterocycles. The molecule has 2 heterocycles. The Kier molecular flexibility index (Phi) is 4.33. The van der Waals surface area contributed by atoms with E-state index in [1.807, 2.05) is 34.0 Å².